The van der Waals surface area contributed by atoms with Crippen molar-refractivity contribution in [3.63, 3.8) is 0 Å². The fourth-order valence-electron chi connectivity index (χ4n) is 4.27. The van der Waals surface area contributed by atoms with E-state index in [0.717, 1.165) is 16.9 Å². The number of methoxy groups -OCH3 is 1. The van der Waals surface area contributed by atoms with E-state index in [9.17, 15) is 0 Å². The first-order valence-corrected chi connectivity index (χ1v) is 13.1. The largest absolute Gasteiger partial charge is 0.497 e. The minimum atomic E-state index is -0.371. The minimum absolute atomic E-state index is 0.246. The summed E-state index contributed by atoms with van der Waals surface area (Å²) in [5.41, 5.74) is 1.87. The number of fused-ring (bicyclic) bond motifs is 1. The summed E-state index contributed by atoms with van der Waals surface area (Å²) >= 11 is 0. The molecule has 214 valence electrons. The molecular formula is C33H28O9. The molecule has 0 amide bonds. The van der Waals surface area contributed by atoms with Crippen molar-refractivity contribution in [2.45, 2.75) is 37.6 Å². The average Bonchev–Trinajstić information content (AvgIpc) is 3.62. The Hall–Kier alpha value is -4.66. The Morgan fingerprint density at radius 2 is 1.29 bits per heavy atom. The fraction of sp³-hybridized carbons (Fsp3) is 0.273. The van der Waals surface area contributed by atoms with Crippen LogP contribution in [0.15, 0.2) is 72.8 Å². The van der Waals surface area contributed by atoms with Gasteiger partial charge >= 0.3 is 0 Å². The summed E-state index contributed by atoms with van der Waals surface area (Å²) in [7, 11) is 1.63. The van der Waals surface area contributed by atoms with Gasteiger partial charge in [-0.05, 0) is 71.5 Å². The average molecular weight is 569 g/mol. The van der Waals surface area contributed by atoms with Crippen molar-refractivity contribution in [1.82, 2.24) is 0 Å². The van der Waals surface area contributed by atoms with Crippen molar-refractivity contribution in [1.29, 1.82) is 0 Å². The second kappa shape index (κ2) is 14.8. The molecule has 9 nitrogen and oxygen atoms in total. The van der Waals surface area contributed by atoms with E-state index in [1.54, 1.807) is 43.5 Å². The van der Waals surface area contributed by atoms with Crippen LogP contribution >= 0.6 is 0 Å². The molecule has 2 aliphatic heterocycles. The van der Waals surface area contributed by atoms with E-state index in [1.807, 2.05) is 36.4 Å². The van der Waals surface area contributed by atoms with Crippen molar-refractivity contribution in [2.75, 3.05) is 20.3 Å². The Kier molecular flexibility index (Phi) is 10.2. The lowest BCUT2D eigenvalue weighted by Crippen LogP contribution is -2.35. The van der Waals surface area contributed by atoms with Crippen LogP contribution in [-0.4, -0.2) is 44.7 Å². The SMILES string of the molecule is C#CC#CC#COc1ccc(OC2CO[C@@H]3[C@@H](OOCc4ccc(OOCc5ccc(OC)cc5)cc4)CO[C@H]23)cc1. The summed E-state index contributed by atoms with van der Waals surface area (Å²) in [6.45, 7) is 1.26. The molecule has 2 heterocycles. The highest BCUT2D eigenvalue weighted by molar-refractivity contribution is 5.36. The van der Waals surface area contributed by atoms with Crippen LogP contribution in [0.3, 0.4) is 0 Å². The molecule has 3 aromatic carbocycles. The quantitative estimate of drug-likeness (QED) is 0.181. The highest BCUT2D eigenvalue weighted by Crippen LogP contribution is 2.32. The normalized spacial score (nSPS) is 20.2. The second-order valence-corrected chi connectivity index (χ2v) is 9.18. The lowest BCUT2D eigenvalue weighted by molar-refractivity contribution is -0.341. The van der Waals surface area contributed by atoms with Gasteiger partial charge in [-0.2, -0.15) is 4.89 Å². The van der Waals surface area contributed by atoms with Gasteiger partial charge in [-0.25, -0.2) is 9.78 Å². The molecule has 2 saturated heterocycles. The van der Waals surface area contributed by atoms with Gasteiger partial charge < -0.3 is 28.6 Å². The lowest BCUT2D eigenvalue weighted by atomic mass is 10.1. The third kappa shape index (κ3) is 7.96. The van der Waals surface area contributed by atoms with Crippen LogP contribution in [0.5, 0.6) is 23.0 Å². The zero-order valence-electron chi connectivity index (χ0n) is 22.8. The molecule has 3 aromatic rings. The topological polar surface area (TPSA) is 83.1 Å². The predicted octanol–water partition coefficient (Wildman–Crippen LogP) is 4.24. The van der Waals surface area contributed by atoms with E-state index < -0.39 is 0 Å². The van der Waals surface area contributed by atoms with Crippen LogP contribution in [0.2, 0.25) is 0 Å². The molecule has 1 unspecified atom stereocenters. The number of hydrogen-bond donors (Lipinski definition) is 0. The fourth-order valence-corrected chi connectivity index (χ4v) is 4.27. The van der Waals surface area contributed by atoms with Crippen molar-refractivity contribution >= 4 is 0 Å². The zero-order chi connectivity index (χ0) is 29.0. The van der Waals surface area contributed by atoms with Gasteiger partial charge in [-0.15, -0.1) is 6.42 Å². The summed E-state index contributed by atoms with van der Waals surface area (Å²) < 4.78 is 28.4. The molecule has 0 aliphatic carbocycles. The molecule has 0 aromatic heterocycles. The molecule has 2 aliphatic rings. The molecule has 5 rings (SSSR count). The van der Waals surface area contributed by atoms with Crippen LogP contribution in [0.4, 0.5) is 0 Å². The first-order valence-electron chi connectivity index (χ1n) is 13.1. The summed E-state index contributed by atoms with van der Waals surface area (Å²) in [5, 5.41) is 0. The van der Waals surface area contributed by atoms with E-state index in [-0.39, 0.29) is 31.0 Å². The first kappa shape index (κ1) is 28.9. The Labute approximate surface area is 244 Å². The molecular weight excluding hydrogens is 540 g/mol. The summed E-state index contributed by atoms with van der Waals surface area (Å²) in [6.07, 6.45) is 6.28. The third-order valence-electron chi connectivity index (χ3n) is 6.37. The van der Waals surface area contributed by atoms with Crippen LogP contribution in [0.1, 0.15) is 11.1 Å². The maximum Gasteiger partial charge on any atom is 0.165 e. The van der Waals surface area contributed by atoms with E-state index in [2.05, 4.69) is 29.8 Å². The van der Waals surface area contributed by atoms with Crippen LogP contribution in [0, 0.1) is 36.2 Å². The Balaban J connectivity index is 1.01. The van der Waals surface area contributed by atoms with Crippen LogP contribution < -0.4 is 19.1 Å². The maximum atomic E-state index is 6.09. The minimum Gasteiger partial charge on any atom is -0.497 e. The standard InChI is InChI=1S/C33H28O9/c1-3-4-5-6-19-35-27-15-17-28(18-16-27)40-30-22-36-33-31(23-37-32(30)33)42-39-21-25-9-13-29(14-10-25)41-38-20-24-7-11-26(34-2)12-8-24/h1,7-18,30-33H,20-23H2,2H3/t30?,31-,32+,33+/m0/s1. The highest BCUT2D eigenvalue weighted by atomic mass is 17.2. The number of rotatable bonds is 12. The predicted molar refractivity (Wildman–Crippen MR) is 150 cm³/mol. The molecule has 0 N–H and O–H groups in total. The van der Waals surface area contributed by atoms with Gasteiger partial charge in [0.25, 0.3) is 0 Å². The summed E-state index contributed by atoms with van der Waals surface area (Å²) in [4.78, 5) is 21.8. The lowest BCUT2D eigenvalue weighted by Gasteiger charge is -2.18. The Morgan fingerprint density at radius 1 is 0.690 bits per heavy atom. The third-order valence-corrected chi connectivity index (χ3v) is 6.37. The maximum absolute atomic E-state index is 6.09. The molecule has 0 spiro atoms. The van der Waals surface area contributed by atoms with E-state index in [1.165, 1.54) is 0 Å². The van der Waals surface area contributed by atoms with Gasteiger partial charge in [0, 0.05) is 11.8 Å². The van der Waals surface area contributed by atoms with Crippen molar-refractivity contribution in [3.05, 3.63) is 83.9 Å². The van der Waals surface area contributed by atoms with Gasteiger partial charge in [0.1, 0.15) is 54.9 Å². The molecule has 2 fully saturated rings. The van der Waals surface area contributed by atoms with E-state index in [4.69, 9.17) is 49.7 Å². The smallest absolute Gasteiger partial charge is 0.165 e. The van der Waals surface area contributed by atoms with Gasteiger partial charge in [-0.1, -0.05) is 24.3 Å². The van der Waals surface area contributed by atoms with Gasteiger partial charge in [0.05, 0.1) is 20.3 Å². The number of ether oxygens (including phenoxy) is 5. The highest BCUT2D eigenvalue weighted by Gasteiger charge is 2.50. The van der Waals surface area contributed by atoms with Crippen molar-refractivity contribution in [3.8, 4) is 59.2 Å². The molecule has 4 atom stereocenters. The van der Waals surface area contributed by atoms with Gasteiger partial charge in [0.2, 0.25) is 0 Å². The zero-order valence-corrected chi connectivity index (χ0v) is 22.8. The van der Waals surface area contributed by atoms with E-state index >= 15 is 0 Å². The van der Waals surface area contributed by atoms with E-state index in [0.29, 0.717) is 37.1 Å². The van der Waals surface area contributed by atoms with Gasteiger partial charge in [-0.3, -0.25) is 0 Å². The van der Waals surface area contributed by atoms with Crippen molar-refractivity contribution in [2.24, 2.45) is 0 Å². The molecule has 0 radical (unpaired) electrons. The molecule has 9 heteroatoms. The molecule has 0 bridgehead atoms. The molecule has 42 heavy (non-hydrogen) atoms. The Morgan fingerprint density at radius 3 is 1.98 bits per heavy atom. The first-order chi connectivity index (χ1) is 20.7. The number of benzene rings is 3. The van der Waals surface area contributed by atoms with Crippen LogP contribution in [0.25, 0.3) is 0 Å². The number of terminal acetylenes is 1. The summed E-state index contributed by atoms with van der Waals surface area (Å²) in [6, 6.07) is 22.0. The Bertz CT molecular complexity index is 1460. The molecule has 0 saturated carbocycles. The van der Waals surface area contributed by atoms with Gasteiger partial charge in [0.15, 0.2) is 11.9 Å². The van der Waals surface area contributed by atoms with Crippen molar-refractivity contribution < 1.29 is 43.2 Å². The monoisotopic (exact) mass is 568 g/mol. The number of hydrogen-bond acceptors (Lipinski definition) is 9. The second-order valence-electron chi connectivity index (χ2n) is 9.18. The van der Waals surface area contributed by atoms with Crippen LogP contribution in [-0.2, 0) is 37.4 Å². The summed E-state index contributed by atoms with van der Waals surface area (Å²) in [5.74, 6) is 12.1.